The first-order chi connectivity index (χ1) is 9.86. The van der Waals surface area contributed by atoms with Crippen molar-refractivity contribution in [2.24, 2.45) is 0 Å². The Hall–Kier alpha value is -1.99. The molecule has 1 atom stereocenters. The second-order valence-corrected chi connectivity index (χ2v) is 6.08. The van der Waals surface area contributed by atoms with E-state index in [1.165, 1.54) is 18.2 Å². The molecule has 0 aliphatic rings. The van der Waals surface area contributed by atoms with E-state index < -0.39 is 21.5 Å². The molecule has 0 spiro atoms. The van der Waals surface area contributed by atoms with Crippen LogP contribution in [0.5, 0.6) is 0 Å². The van der Waals surface area contributed by atoms with E-state index >= 15 is 0 Å². The Morgan fingerprint density at radius 3 is 2.67 bits per heavy atom. The molecule has 0 fully saturated rings. The maximum atomic E-state index is 13.3. The second-order valence-electron chi connectivity index (χ2n) is 4.25. The van der Waals surface area contributed by atoms with E-state index in [2.05, 4.69) is 0 Å². The molecule has 2 aromatic rings. The minimum atomic E-state index is -1.59. The quantitative estimate of drug-likeness (QED) is 0.530. The maximum Gasteiger partial charge on any atom is 0.272 e. The monoisotopic (exact) mass is 328 g/mol. The molecule has 1 unspecified atom stereocenters. The van der Waals surface area contributed by atoms with E-state index in [0.29, 0.717) is 10.6 Å². The van der Waals surface area contributed by atoms with Gasteiger partial charge in [0.1, 0.15) is 5.82 Å². The molecule has 0 amide bonds. The first-order valence-corrected chi connectivity index (χ1v) is 7.44. The van der Waals surface area contributed by atoms with Crippen molar-refractivity contribution in [1.82, 2.24) is 0 Å². The second kappa shape index (κ2) is 6.19. The number of hydrogen-bond acceptors (Lipinski definition) is 4. The van der Waals surface area contributed by atoms with Crippen LogP contribution in [0.15, 0.2) is 41.3 Å². The van der Waals surface area contributed by atoms with Gasteiger partial charge in [0.25, 0.3) is 5.69 Å². The Morgan fingerprint density at radius 2 is 2.00 bits per heavy atom. The Kier molecular flexibility index (Phi) is 4.54. The zero-order chi connectivity index (χ0) is 15.6. The average molecular weight is 329 g/mol. The SMILES string of the molecule is Nc1ccc(Cl)c(S(=O)Cc2cc(F)cc([N+](=O)[O-])c2)c1. The molecule has 0 aromatic heterocycles. The molecule has 110 valence electrons. The van der Waals surface area contributed by atoms with Gasteiger partial charge < -0.3 is 5.73 Å². The molecule has 2 aromatic carbocycles. The number of nitrogen functional groups attached to an aromatic ring is 1. The van der Waals surface area contributed by atoms with Crippen molar-refractivity contribution < 1.29 is 13.5 Å². The van der Waals surface area contributed by atoms with Gasteiger partial charge in [-0.15, -0.1) is 0 Å². The lowest BCUT2D eigenvalue weighted by atomic mass is 10.2. The number of anilines is 1. The summed E-state index contributed by atoms with van der Waals surface area (Å²) in [6.07, 6.45) is 0. The molecule has 0 heterocycles. The predicted molar refractivity (Wildman–Crippen MR) is 79.0 cm³/mol. The number of benzene rings is 2. The lowest BCUT2D eigenvalue weighted by Crippen LogP contribution is -2.00. The van der Waals surface area contributed by atoms with Crippen LogP contribution in [0.25, 0.3) is 0 Å². The molecule has 0 radical (unpaired) electrons. The van der Waals surface area contributed by atoms with E-state index in [4.69, 9.17) is 17.3 Å². The van der Waals surface area contributed by atoms with Gasteiger partial charge in [0.15, 0.2) is 0 Å². The van der Waals surface area contributed by atoms with E-state index in [0.717, 1.165) is 12.1 Å². The number of non-ortho nitro benzene ring substituents is 1. The zero-order valence-electron chi connectivity index (χ0n) is 10.6. The van der Waals surface area contributed by atoms with Crippen LogP contribution in [0.4, 0.5) is 15.8 Å². The Labute approximate surface area is 127 Å². The molecule has 0 bridgehead atoms. The molecular weight excluding hydrogens is 319 g/mol. The largest absolute Gasteiger partial charge is 0.399 e. The van der Waals surface area contributed by atoms with Crippen LogP contribution < -0.4 is 5.73 Å². The van der Waals surface area contributed by atoms with E-state index in [1.54, 1.807) is 6.07 Å². The van der Waals surface area contributed by atoms with Crippen LogP contribution in [0.2, 0.25) is 5.02 Å². The number of nitro groups is 1. The summed E-state index contributed by atoms with van der Waals surface area (Å²) in [4.78, 5) is 10.3. The van der Waals surface area contributed by atoms with Gasteiger partial charge in [-0.3, -0.25) is 14.3 Å². The first-order valence-electron chi connectivity index (χ1n) is 5.74. The van der Waals surface area contributed by atoms with Gasteiger partial charge >= 0.3 is 0 Å². The van der Waals surface area contributed by atoms with Crippen molar-refractivity contribution in [3.05, 3.63) is 62.9 Å². The Bertz CT molecular complexity index is 739. The summed E-state index contributed by atoms with van der Waals surface area (Å²) in [5.41, 5.74) is 5.86. The van der Waals surface area contributed by atoms with Crippen molar-refractivity contribution in [2.45, 2.75) is 10.6 Å². The third kappa shape index (κ3) is 3.77. The van der Waals surface area contributed by atoms with Crippen LogP contribution in [-0.2, 0) is 16.6 Å². The van der Waals surface area contributed by atoms with Gasteiger partial charge in [0.2, 0.25) is 0 Å². The van der Waals surface area contributed by atoms with Crippen molar-refractivity contribution in [1.29, 1.82) is 0 Å². The summed E-state index contributed by atoms with van der Waals surface area (Å²) < 4.78 is 25.6. The fraction of sp³-hybridized carbons (Fsp3) is 0.0769. The van der Waals surface area contributed by atoms with Crippen LogP contribution >= 0.6 is 11.6 Å². The lowest BCUT2D eigenvalue weighted by Gasteiger charge is -2.06. The molecule has 0 saturated carbocycles. The molecule has 2 N–H and O–H groups in total. The van der Waals surface area contributed by atoms with Crippen LogP contribution in [0.1, 0.15) is 5.56 Å². The van der Waals surface area contributed by atoms with E-state index in [-0.39, 0.29) is 22.0 Å². The molecule has 21 heavy (non-hydrogen) atoms. The molecule has 2 rings (SSSR count). The molecule has 0 aliphatic carbocycles. The van der Waals surface area contributed by atoms with E-state index in [9.17, 15) is 18.7 Å². The van der Waals surface area contributed by atoms with Crippen molar-refractivity contribution in [3.8, 4) is 0 Å². The highest BCUT2D eigenvalue weighted by Gasteiger charge is 2.14. The number of nitro benzene ring substituents is 1. The van der Waals surface area contributed by atoms with Crippen LogP contribution in [0.3, 0.4) is 0 Å². The number of hydrogen-bond donors (Lipinski definition) is 1. The van der Waals surface area contributed by atoms with Crippen molar-refractivity contribution in [3.63, 3.8) is 0 Å². The van der Waals surface area contributed by atoms with Gasteiger partial charge in [0.05, 0.1) is 37.5 Å². The molecule has 5 nitrogen and oxygen atoms in total. The molecule has 0 saturated heterocycles. The number of nitrogens with zero attached hydrogens (tertiary/aromatic N) is 1. The minimum absolute atomic E-state index is 0.0955. The summed E-state index contributed by atoms with van der Waals surface area (Å²) in [6.45, 7) is 0. The van der Waals surface area contributed by atoms with Gasteiger partial charge in [-0.05, 0) is 29.8 Å². The van der Waals surface area contributed by atoms with Gasteiger partial charge in [-0.2, -0.15) is 0 Å². The number of halogens is 2. The normalized spacial score (nSPS) is 12.1. The molecule has 0 aliphatic heterocycles. The minimum Gasteiger partial charge on any atom is -0.399 e. The number of nitrogens with two attached hydrogens (primary N) is 1. The highest BCUT2D eigenvalue weighted by molar-refractivity contribution is 7.84. The smallest absolute Gasteiger partial charge is 0.272 e. The molecule has 8 heteroatoms. The fourth-order valence-corrected chi connectivity index (χ4v) is 3.30. The van der Waals surface area contributed by atoms with E-state index in [1.807, 2.05) is 0 Å². The fourth-order valence-electron chi connectivity index (χ4n) is 1.75. The summed E-state index contributed by atoms with van der Waals surface area (Å²) in [5.74, 6) is -0.850. The van der Waals surface area contributed by atoms with Gasteiger partial charge in [-0.25, -0.2) is 4.39 Å². The predicted octanol–water partition coefficient (Wildman–Crippen LogP) is 3.28. The summed E-state index contributed by atoms with van der Waals surface area (Å²) in [6, 6.07) is 7.63. The average Bonchev–Trinajstić information content (AvgIpc) is 2.40. The third-order valence-electron chi connectivity index (χ3n) is 2.65. The maximum absolute atomic E-state index is 13.3. The van der Waals surface area contributed by atoms with Crippen LogP contribution in [0, 0.1) is 15.9 Å². The Balaban J connectivity index is 2.31. The zero-order valence-corrected chi connectivity index (χ0v) is 12.2. The van der Waals surface area contributed by atoms with Crippen LogP contribution in [-0.4, -0.2) is 9.13 Å². The highest BCUT2D eigenvalue weighted by atomic mass is 35.5. The van der Waals surface area contributed by atoms with Gasteiger partial charge in [0, 0.05) is 11.8 Å². The summed E-state index contributed by atoms with van der Waals surface area (Å²) in [5, 5.41) is 11.0. The third-order valence-corrected chi connectivity index (χ3v) is 4.52. The first kappa shape index (κ1) is 15.4. The van der Waals surface area contributed by atoms with Crippen molar-refractivity contribution in [2.75, 3.05) is 5.73 Å². The van der Waals surface area contributed by atoms with Gasteiger partial charge in [-0.1, -0.05) is 11.6 Å². The Morgan fingerprint density at radius 1 is 1.29 bits per heavy atom. The highest BCUT2D eigenvalue weighted by Crippen LogP contribution is 2.25. The number of rotatable bonds is 4. The van der Waals surface area contributed by atoms with Crippen molar-refractivity contribution >= 4 is 33.8 Å². The molecular formula is C13H10ClFN2O3S. The topological polar surface area (TPSA) is 86.2 Å². The summed E-state index contributed by atoms with van der Waals surface area (Å²) in [7, 11) is -1.59. The lowest BCUT2D eigenvalue weighted by molar-refractivity contribution is -0.385. The summed E-state index contributed by atoms with van der Waals surface area (Å²) >= 11 is 5.94. The standard InChI is InChI=1S/C13H10ClFN2O3S/c14-12-2-1-10(16)6-13(12)21(20)7-8-3-9(15)5-11(4-8)17(18)19/h1-6H,7,16H2.